The normalized spacial score (nSPS) is 11.6. The molecule has 0 amide bonds. The third-order valence-electron chi connectivity index (χ3n) is 0.645. The van der Waals surface area contributed by atoms with E-state index >= 15 is 0 Å². The zero-order chi connectivity index (χ0) is 6.41. The highest BCUT2D eigenvalue weighted by Gasteiger charge is 1.80. The molecule has 0 aromatic heterocycles. The van der Waals surface area contributed by atoms with Crippen LogP contribution in [0.5, 0.6) is 0 Å². The largest absolute Gasteiger partial charge is 0.278 e. The van der Waals surface area contributed by atoms with Crippen molar-refractivity contribution in [3.63, 3.8) is 0 Å². The maximum atomic E-state index is 4.58. The molecule has 3 nitrogen and oxygen atoms in total. The van der Waals surface area contributed by atoms with Crippen LogP contribution in [0.25, 0.3) is 0 Å². The highest BCUT2D eigenvalue weighted by atomic mass is 16.6. The third-order valence-corrected chi connectivity index (χ3v) is 0.645. The Kier molecular flexibility index (Phi) is 4.26. The van der Waals surface area contributed by atoms with Gasteiger partial charge in [0.15, 0.2) is 0 Å². The summed E-state index contributed by atoms with van der Waals surface area (Å²) in [6.07, 6.45) is 0. The molecule has 0 bridgehead atoms. The minimum absolute atomic E-state index is 0.794. The first-order chi connectivity index (χ1) is 3.81. The molecule has 0 unspecified atom stereocenters. The zero-order valence-corrected chi connectivity index (χ0v) is 5.56. The summed E-state index contributed by atoms with van der Waals surface area (Å²) in [5.74, 6) is 0.815. The molecule has 48 valence electrons. The Bertz CT molecular complexity index is 80.5. The van der Waals surface area contributed by atoms with Crippen molar-refractivity contribution in [3.8, 4) is 0 Å². The van der Waals surface area contributed by atoms with E-state index in [-0.39, 0.29) is 0 Å². The zero-order valence-electron chi connectivity index (χ0n) is 5.56. The van der Waals surface area contributed by atoms with Gasteiger partial charge in [0.25, 0.3) is 0 Å². The fourth-order valence-electron chi connectivity index (χ4n) is 0.417. The predicted molar refractivity (Wildman–Crippen MR) is 33.8 cm³/mol. The molecule has 0 heterocycles. The van der Waals surface area contributed by atoms with Crippen LogP contribution in [0.15, 0.2) is 4.99 Å². The molecule has 0 saturated heterocycles. The van der Waals surface area contributed by atoms with Gasteiger partial charge in [0, 0.05) is 6.54 Å². The first-order valence-corrected chi connectivity index (χ1v) is 2.61. The minimum atomic E-state index is 0.794. The second kappa shape index (κ2) is 4.59. The monoisotopic (exact) mass is 116 g/mol. The average Bonchev–Trinajstić information content (AvgIpc) is 1.68. The lowest BCUT2D eigenvalue weighted by molar-refractivity contribution is 0.144. The van der Waals surface area contributed by atoms with Crippen LogP contribution in [0.1, 0.15) is 13.8 Å². The van der Waals surface area contributed by atoms with E-state index < -0.39 is 0 Å². The van der Waals surface area contributed by atoms with Crippen LogP contribution in [-0.2, 0) is 4.84 Å². The smallest absolute Gasteiger partial charge is 0.117 e. The maximum Gasteiger partial charge on any atom is 0.117 e. The van der Waals surface area contributed by atoms with Crippen molar-refractivity contribution >= 4 is 5.84 Å². The molecule has 0 atom stereocenters. The van der Waals surface area contributed by atoms with Crippen molar-refractivity contribution in [1.29, 1.82) is 0 Å². The Labute approximate surface area is 49.7 Å². The Morgan fingerprint density at radius 1 is 1.75 bits per heavy atom. The number of nitrogens with zero attached hydrogens (tertiary/aromatic N) is 1. The van der Waals surface area contributed by atoms with Gasteiger partial charge in [-0.2, -0.15) is 0 Å². The summed E-state index contributed by atoms with van der Waals surface area (Å²) < 4.78 is 0. The van der Waals surface area contributed by atoms with Crippen LogP contribution in [0, 0.1) is 0 Å². The number of nitrogens with one attached hydrogen (secondary N) is 1. The van der Waals surface area contributed by atoms with E-state index in [4.69, 9.17) is 0 Å². The lowest BCUT2D eigenvalue weighted by Crippen LogP contribution is -2.18. The van der Waals surface area contributed by atoms with Crippen molar-refractivity contribution in [1.82, 2.24) is 5.48 Å². The number of rotatable bonds is 2. The van der Waals surface area contributed by atoms with Gasteiger partial charge in [-0.25, -0.2) is 0 Å². The highest BCUT2D eigenvalue weighted by Crippen LogP contribution is 1.70. The number of aliphatic imine (C=N–C) groups is 1. The Morgan fingerprint density at radius 2 is 2.38 bits per heavy atom. The lowest BCUT2D eigenvalue weighted by atomic mass is 10.7. The van der Waals surface area contributed by atoms with Crippen molar-refractivity contribution in [2.75, 3.05) is 13.7 Å². The summed E-state index contributed by atoms with van der Waals surface area (Å²) in [4.78, 5) is 8.57. The molecule has 0 aromatic rings. The number of hydroxylamine groups is 1. The predicted octanol–water partition coefficient (Wildman–Crippen LogP) is 0.576. The Morgan fingerprint density at radius 3 is 2.75 bits per heavy atom. The van der Waals surface area contributed by atoms with Crippen LogP contribution in [0.2, 0.25) is 0 Å². The number of amidine groups is 1. The average molecular weight is 116 g/mol. The lowest BCUT2D eigenvalue weighted by Gasteiger charge is -1.98. The van der Waals surface area contributed by atoms with E-state index in [2.05, 4.69) is 15.3 Å². The first-order valence-electron chi connectivity index (χ1n) is 2.61. The molecule has 1 N–H and O–H groups in total. The van der Waals surface area contributed by atoms with E-state index in [0.717, 1.165) is 12.4 Å². The maximum absolute atomic E-state index is 4.58. The SMILES string of the molecule is CCN=C(C)NOC. The minimum Gasteiger partial charge on any atom is -0.278 e. The van der Waals surface area contributed by atoms with Gasteiger partial charge < -0.3 is 0 Å². The van der Waals surface area contributed by atoms with Crippen molar-refractivity contribution in [2.24, 2.45) is 4.99 Å². The molecule has 0 fully saturated rings. The molecule has 0 rings (SSSR count). The van der Waals surface area contributed by atoms with Gasteiger partial charge >= 0.3 is 0 Å². The Hall–Kier alpha value is -0.570. The molecule has 0 aliphatic heterocycles. The molecule has 3 heteroatoms. The molecule has 8 heavy (non-hydrogen) atoms. The second-order valence-corrected chi connectivity index (χ2v) is 1.37. The van der Waals surface area contributed by atoms with E-state index in [0.29, 0.717) is 0 Å². The van der Waals surface area contributed by atoms with Crippen LogP contribution in [-0.4, -0.2) is 19.5 Å². The van der Waals surface area contributed by atoms with E-state index in [1.165, 1.54) is 0 Å². The topological polar surface area (TPSA) is 33.6 Å². The summed E-state index contributed by atoms with van der Waals surface area (Å²) in [6, 6.07) is 0. The second-order valence-electron chi connectivity index (χ2n) is 1.37. The molecular formula is C5H12N2O. The van der Waals surface area contributed by atoms with Gasteiger partial charge in [0.1, 0.15) is 5.84 Å². The molecule has 0 radical (unpaired) electrons. The third kappa shape index (κ3) is 3.61. The summed E-state index contributed by atoms with van der Waals surface area (Å²) in [6.45, 7) is 4.62. The molecule has 0 aliphatic carbocycles. The highest BCUT2D eigenvalue weighted by molar-refractivity contribution is 5.78. The fraction of sp³-hybridized carbons (Fsp3) is 0.800. The molecule has 0 spiro atoms. The van der Waals surface area contributed by atoms with Gasteiger partial charge in [0.05, 0.1) is 7.11 Å². The quantitative estimate of drug-likeness (QED) is 0.325. The summed E-state index contributed by atoms with van der Waals surface area (Å²) in [5.41, 5.74) is 2.60. The molecule has 0 aliphatic rings. The van der Waals surface area contributed by atoms with Crippen LogP contribution >= 0.6 is 0 Å². The first kappa shape index (κ1) is 7.43. The van der Waals surface area contributed by atoms with Gasteiger partial charge in [-0.15, -0.1) is 0 Å². The van der Waals surface area contributed by atoms with Crippen LogP contribution in [0.3, 0.4) is 0 Å². The summed E-state index contributed by atoms with van der Waals surface area (Å²) in [5, 5.41) is 0. The number of hydrogen-bond acceptors (Lipinski definition) is 2. The van der Waals surface area contributed by atoms with Crippen LogP contribution in [0.4, 0.5) is 0 Å². The van der Waals surface area contributed by atoms with Crippen molar-refractivity contribution in [2.45, 2.75) is 13.8 Å². The summed E-state index contributed by atoms with van der Waals surface area (Å²) >= 11 is 0. The van der Waals surface area contributed by atoms with Crippen molar-refractivity contribution in [3.05, 3.63) is 0 Å². The number of hydrogen-bond donors (Lipinski definition) is 1. The van der Waals surface area contributed by atoms with Gasteiger partial charge in [-0.1, -0.05) is 0 Å². The molecular weight excluding hydrogens is 104 g/mol. The van der Waals surface area contributed by atoms with Crippen molar-refractivity contribution < 1.29 is 4.84 Å². The molecule has 0 saturated carbocycles. The Balaban J connectivity index is 3.29. The standard InChI is InChI=1S/C5H12N2O/c1-4-6-5(2)7-8-3/h4H2,1-3H3,(H,6,7). The van der Waals surface area contributed by atoms with Gasteiger partial charge in [-0.3, -0.25) is 15.3 Å². The van der Waals surface area contributed by atoms with Crippen LogP contribution < -0.4 is 5.48 Å². The fourth-order valence-corrected chi connectivity index (χ4v) is 0.417. The van der Waals surface area contributed by atoms with E-state index in [1.54, 1.807) is 7.11 Å². The summed E-state index contributed by atoms with van der Waals surface area (Å²) in [7, 11) is 1.56. The van der Waals surface area contributed by atoms with E-state index in [9.17, 15) is 0 Å². The molecule has 0 aromatic carbocycles. The van der Waals surface area contributed by atoms with E-state index in [1.807, 2.05) is 13.8 Å². The van der Waals surface area contributed by atoms with Gasteiger partial charge in [-0.05, 0) is 13.8 Å². The van der Waals surface area contributed by atoms with Gasteiger partial charge in [0.2, 0.25) is 0 Å².